The quantitative estimate of drug-likeness (QED) is 0.852. The summed E-state index contributed by atoms with van der Waals surface area (Å²) in [5.74, 6) is 0.109. The molecule has 1 amide bonds. The molecule has 1 fully saturated rings. The summed E-state index contributed by atoms with van der Waals surface area (Å²) in [6.45, 7) is 8.96. The van der Waals surface area contributed by atoms with Gasteiger partial charge in [0, 0.05) is 26.1 Å². The van der Waals surface area contributed by atoms with Crippen LogP contribution in [0, 0.1) is 5.82 Å². The van der Waals surface area contributed by atoms with Crippen LogP contribution in [0.4, 0.5) is 4.39 Å². The Morgan fingerprint density at radius 3 is 2.57 bits per heavy atom. The second-order valence-electron chi connectivity index (χ2n) is 5.83. The lowest BCUT2D eigenvalue weighted by molar-refractivity contribution is -0.131. The maximum absolute atomic E-state index is 12.9. The van der Waals surface area contributed by atoms with Crippen molar-refractivity contribution >= 4 is 5.91 Å². The molecule has 116 valence electrons. The highest BCUT2D eigenvalue weighted by Gasteiger charge is 2.20. The van der Waals surface area contributed by atoms with Gasteiger partial charge >= 0.3 is 0 Å². The van der Waals surface area contributed by atoms with Gasteiger partial charge in [-0.25, -0.2) is 4.39 Å². The maximum Gasteiger partial charge on any atom is 0.223 e. The van der Waals surface area contributed by atoms with Gasteiger partial charge in [0.15, 0.2) is 0 Å². The van der Waals surface area contributed by atoms with Crippen LogP contribution < -0.4 is 0 Å². The molecule has 0 aliphatic carbocycles. The Labute approximate surface area is 126 Å². The molecule has 0 unspecified atom stereocenters. The first-order valence-corrected chi connectivity index (χ1v) is 7.85. The first-order chi connectivity index (χ1) is 10.1. The summed E-state index contributed by atoms with van der Waals surface area (Å²) in [7, 11) is 0. The van der Waals surface area contributed by atoms with Gasteiger partial charge in [0.05, 0.1) is 0 Å². The average molecular weight is 292 g/mol. The Kier molecular flexibility index (Phi) is 5.74. The molecule has 1 aliphatic heterocycles. The largest absolute Gasteiger partial charge is 0.341 e. The Balaban J connectivity index is 1.89. The van der Waals surface area contributed by atoms with E-state index < -0.39 is 0 Å². The Morgan fingerprint density at radius 1 is 1.19 bits per heavy atom. The fourth-order valence-corrected chi connectivity index (χ4v) is 2.84. The fraction of sp³-hybridized carbons (Fsp3) is 0.588. The third kappa shape index (κ3) is 4.53. The molecule has 1 aromatic rings. The third-order valence-electron chi connectivity index (χ3n) is 4.31. The van der Waals surface area contributed by atoms with E-state index in [2.05, 4.69) is 11.8 Å². The van der Waals surface area contributed by atoms with E-state index in [0.29, 0.717) is 6.42 Å². The van der Waals surface area contributed by atoms with Crippen molar-refractivity contribution in [1.29, 1.82) is 0 Å². The van der Waals surface area contributed by atoms with Crippen molar-refractivity contribution in [3.05, 3.63) is 35.6 Å². The summed E-state index contributed by atoms with van der Waals surface area (Å²) >= 11 is 0. The molecule has 0 bridgehead atoms. The van der Waals surface area contributed by atoms with E-state index in [9.17, 15) is 9.18 Å². The topological polar surface area (TPSA) is 23.6 Å². The molecule has 0 saturated carbocycles. The molecule has 3 nitrogen and oxygen atoms in total. The number of carbonyl (C=O) groups is 1. The third-order valence-corrected chi connectivity index (χ3v) is 4.31. The van der Waals surface area contributed by atoms with Crippen LogP contribution >= 0.6 is 0 Å². The molecule has 1 saturated heterocycles. The highest BCUT2D eigenvalue weighted by molar-refractivity contribution is 5.77. The standard InChI is InChI=1S/C17H25FN2O/c1-3-19-9-4-10-20(12-11-19)17(21)13-14(2)15-5-7-16(18)8-6-15/h5-8,14H,3-4,9-13H2,1-2H3/t14-/m0/s1. The molecular weight excluding hydrogens is 267 g/mol. The van der Waals surface area contributed by atoms with Crippen molar-refractivity contribution in [1.82, 2.24) is 9.80 Å². The van der Waals surface area contributed by atoms with Crippen molar-refractivity contribution in [3.8, 4) is 0 Å². The summed E-state index contributed by atoms with van der Waals surface area (Å²) in [5, 5.41) is 0. The van der Waals surface area contributed by atoms with Gasteiger partial charge in [0.1, 0.15) is 5.82 Å². The lowest BCUT2D eigenvalue weighted by Crippen LogP contribution is -2.35. The SMILES string of the molecule is CCN1CCCN(C(=O)C[C@H](C)c2ccc(F)cc2)CC1. The van der Waals surface area contributed by atoms with Gasteiger partial charge in [-0.05, 0) is 43.1 Å². The van der Waals surface area contributed by atoms with Crippen LogP contribution in [0.2, 0.25) is 0 Å². The van der Waals surface area contributed by atoms with Crippen LogP contribution in [0.1, 0.15) is 38.2 Å². The van der Waals surface area contributed by atoms with Gasteiger partial charge in [0.2, 0.25) is 5.91 Å². The summed E-state index contributed by atoms with van der Waals surface area (Å²) in [6.07, 6.45) is 1.54. The normalized spacial score (nSPS) is 18.3. The number of halogens is 1. The van der Waals surface area contributed by atoms with Crippen molar-refractivity contribution < 1.29 is 9.18 Å². The Bertz CT molecular complexity index is 460. The Morgan fingerprint density at radius 2 is 1.90 bits per heavy atom. The number of carbonyl (C=O) groups excluding carboxylic acids is 1. The summed E-state index contributed by atoms with van der Waals surface area (Å²) < 4.78 is 12.9. The van der Waals surface area contributed by atoms with Crippen LogP contribution in [-0.2, 0) is 4.79 Å². The molecule has 1 atom stereocenters. The molecule has 2 rings (SSSR count). The monoisotopic (exact) mass is 292 g/mol. The lowest BCUT2D eigenvalue weighted by atomic mass is 9.97. The predicted molar refractivity (Wildman–Crippen MR) is 82.7 cm³/mol. The number of hydrogen-bond donors (Lipinski definition) is 0. The molecule has 0 N–H and O–H groups in total. The van der Waals surface area contributed by atoms with Crippen molar-refractivity contribution in [2.45, 2.75) is 32.6 Å². The minimum atomic E-state index is -0.232. The fourth-order valence-electron chi connectivity index (χ4n) is 2.84. The van der Waals surface area contributed by atoms with Crippen molar-refractivity contribution in [3.63, 3.8) is 0 Å². The molecule has 21 heavy (non-hydrogen) atoms. The summed E-state index contributed by atoms with van der Waals surface area (Å²) in [5.41, 5.74) is 1.02. The minimum Gasteiger partial charge on any atom is -0.341 e. The lowest BCUT2D eigenvalue weighted by Gasteiger charge is -2.23. The molecule has 0 radical (unpaired) electrons. The van der Waals surface area contributed by atoms with Gasteiger partial charge in [-0.15, -0.1) is 0 Å². The molecule has 0 aromatic heterocycles. The van der Waals surface area contributed by atoms with Crippen LogP contribution in [-0.4, -0.2) is 48.4 Å². The predicted octanol–water partition coefficient (Wildman–Crippen LogP) is 2.87. The molecule has 1 heterocycles. The number of nitrogens with zero attached hydrogens (tertiary/aromatic N) is 2. The van der Waals surface area contributed by atoms with E-state index in [1.807, 2.05) is 11.8 Å². The summed E-state index contributed by atoms with van der Waals surface area (Å²) in [4.78, 5) is 16.8. The van der Waals surface area contributed by atoms with Gasteiger partial charge in [-0.3, -0.25) is 4.79 Å². The highest BCUT2D eigenvalue weighted by Crippen LogP contribution is 2.20. The molecule has 0 spiro atoms. The van der Waals surface area contributed by atoms with Crippen LogP contribution in [0.15, 0.2) is 24.3 Å². The number of rotatable bonds is 4. The van der Waals surface area contributed by atoms with Crippen LogP contribution in [0.5, 0.6) is 0 Å². The zero-order valence-corrected chi connectivity index (χ0v) is 13.0. The first kappa shape index (κ1) is 16.0. The second kappa shape index (κ2) is 7.55. The molecule has 4 heteroatoms. The van der Waals surface area contributed by atoms with Gasteiger partial charge in [0.25, 0.3) is 0 Å². The van der Waals surface area contributed by atoms with E-state index in [0.717, 1.165) is 44.7 Å². The van der Waals surface area contributed by atoms with E-state index >= 15 is 0 Å². The zero-order chi connectivity index (χ0) is 15.2. The number of likely N-dealkylation sites (N-methyl/N-ethyl adjacent to an activating group) is 1. The average Bonchev–Trinajstić information content (AvgIpc) is 2.73. The van der Waals surface area contributed by atoms with Crippen molar-refractivity contribution in [2.24, 2.45) is 0 Å². The van der Waals surface area contributed by atoms with Gasteiger partial charge < -0.3 is 9.80 Å². The molecule has 1 aromatic carbocycles. The number of amides is 1. The Hall–Kier alpha value is -1.42. The zero-order valence-electron chi connectivity index (χ0n) is 13.0. The number of hydrogen-bond acceptors (Lipinski definition) is 2. The minimum absolute atomic E-state index is 0.128. The summed E-state index contributed by atoms with van der Waals surface area (Å²) in [6, 6.07) is 6.46. The maximum atomic E-state index is 12.9. The van der Waals surface area contributed by atoms with E-state index in [4.69, 9.17) is 0 Å². The molecular formula is C17H25FN2O. The molecule has 1 aliphatic rings. The first-order valence-electron chi connectivity index (χ1n) is 7.85. The van der Waals surface area contributed by atoms with Crippen LogP contribution in [0.25, 0.3) is 0 Å². The van der Waals surface area contributed by atoms with E-state index in [1.54, 1.807) is 12.1 Å². The second-order valence-corrected chi connectivity index (χ2v) is 5.83. The van der Waals surface area contributed by atoms with Gasteiger partial charge in [-0.1, -0.05) is 26.0 Å². The van der Waals surface area contributed by atoms with Gasteiger partial charge in [-0.2, -0.15) is 0 Å². The smallest absolute Gasteiger partial charge is 0.223 e. The van der Waals surface area contributed by atoms with Crippen molar-refractivity contribution in [2.75, 3.05) is 32.7 Å². The van der Waals surface area contributed by atoms with E-state index in [1.165, 1.54) is 12.1 Å². The number of benzene rings is 1. The van der Waals surface area contributed by atoms with Crippen LogP contribution in [0.3, 0.4) is 0 Å². The van der Waals surface area contributed by atoms with E-state index in [-0.39, 0.29) is 17.6 Å². The highest BCUT2D eigenvalue weighted by atomic mass is 19.1.